The first-order chi connectivity index (χ1) is 11.2. The smallest absolute Gasteiger partial charge is 0.231 e. The summed E-state index contributed by atoms with van der Waals surface area (Å²) >= 11 is 1.60. The van der Waals surface area contributed by atoms with Crippen molar-refractivity contribution in [3.8, 4) is 11.5 Å². The van der Waals surface area contributed by atoms with Gasteiger partial charge in [-0.1, -0.05) is 12.1 Å². The Morgan fingerprint density at radius 1 is 1.17 bits per heavy atom. The molecule has 6 heteroatoms. The van der Waals surface area contributed by atoms with Crippen molar-refractivity contribution < 1.29 is 18.7 Å². The summed E-state index contributed by atoms with van der Waals surface area (Å²) < 4.78 is 23.5. The number of amides is 1. The number of thioether (sulfide) groups is 1. The first kappa shape index (κ1) is 15.7. The van der Waals surface area contributed by atoms with Crippen molar-refractivity contribution >= 4 is 23.4 Å². The zero-order valence-corrected chi connectivity index (χ0v) is 13.2. The third kappa shape index (κ3) is 4.39. The molecule has 1 N–H and O–H groups in total. The van der Waals surface area contributed by atoms with Crippen LogP contribution in [0, 0.1) is 5.82 Å². The molecule has 2 aromatic carbocycles. The lowest BCUT2D eigenvalue weighted by molar-refractivity contribution is -0.115. The third-order valence-corrected chi connectivity index (χ3v) is 4.32. The van der Waals surface area contributed by atoms with Crippen molar-refractivity contribution in [2.45, 2.75) is 12.2 Å². The highest BCUT2D eigenvalue weighted by Crippen LogP contribution is 2.34. The molecule has 1 aliphatic heterocycles. The molecule has 0 aromatic heterocycles. The second-order valence-corrected chi connectivity index (χ2v) is 6.15. The maximum Gasteiger partial charge on any atom is 0.231 e. The Labute approximate surface area is 138 Å². The summed E-state index contributed by atoms with van der Waals surface area (Å²) in [5, 5.41) is 2.83. The van der Waals surface area contributed by atoms with Crippen LogP contribution < -0.4 is 14.8 Å². The van der Waals surface area contributed by atoms with Gasteiger partial charge in [0.2, 0.25) is 12.7 Å². The first-order valence-electron chi connectivity index (χ1n) is 7.22. The minimum absolute atomic E-state index is 0.0596. The SMILES string of the molecule is O=C(CCSCc1cccc(F)c1)Nc1ccc2c(c1)OCO2. The molecule has 3 rings (SSSR count). The molecule has 1 aliphatic rings. The zero-order chi connectivity index (χ0) is 16.1. The average molecular weight is 333 g/mol. The van der Waals surface area contributed by atoms with Gasteiger partial charge in [0.05, 0.1) is 0 Å². The van der Waals surface area contributed by atoms with Gasteiger partial charge < -0.3 is 14.8 Å². The third-order valence-electron chi connectivity index (χ3n) is 3.29. The van der Waals surface area contributed by atoms with E-state index in [0.717, 1.165) is 5.56 Å². The van der Waals surface area contributed by atoms with Crippen molar-refractivity contribution in [3.63, 3.8) is 0 Å². The molecule has 0 unspecified atom stereocenters. The van der Waals surface area contributed by atoms with Crippen LogP contribution in [0.15, 0.2) is 42.5 Å². The predicted octanol–water partition coefficient (Wildman–Crippen LogP) is 3.82. The number of fused-ring (bicyclic) bond motifs is 1. The average Bonchev–Trinajstić information content (AvgIpc) is 2.99. The Morgan fingerprint density at radius 3 is 2.91 bits per heavy atom. The molecule has 0 saturated heterocycles. The molecule has 120 valence electrons. The maximum absolute atomic E-state index is 13.0. The van der Waals surface area contributed by atoms with Gasteiger partial charge in [0.25, 0.3) is 0 Å². The number of anilines is 1. The fraction of sp³-hybridized carbons (Fsp3) is 0.235. The number of hydrogen-bond donors (Lipinski definition) is 1. The Morgan fingerprint density at radius 2 is 2.04 bits per heavy atom. The van der Waals surface area contributed by atoms with Crippen LogP contribution in [-0.4, -0.2) is 18.5 Å². The van der Waals surface area contributed by atoms with Crippen LogP contribution in [0.25, 0.3) is 0 Å². The van der Waals surface area contributed by atoms with Gasteiger partial charge >= 0.3 is 0 Å². The normalized spacial score (nSPS) is 12.2. The molecule has 1 heterocycles. The Bertz CT molecular complexity index is 708. The van der Waals surface area contributed by atoms with Crippen molar-refractivity contribution in [2.24, 2.45) is 0 Å². The second-order valence-electron chi connectivity index (χ2n) is 5.05. The lowest BCUT2D eigenvalue weighted by Gasteiger charge is -2.06. The van der Waals surface area contributed by atoms with Crippen LogP contribution in [-0.2, 0) is 10.5 Å². The molecule has 0 saturated carbocycles. The molecule has 0 spiro atoms. The van der Waals surface area contributed by atoms with E-state index >= 15 is 0 Å². The van der Waals surface area contributed by atoms with E-state index in [1.54, 1.807) is 36.0 Å². The number of rotatable bonds is 6. The molecule has 0 atom stereocenters. The summed E-state index contributed by atoms with van der Waals surface area (Å²) in [6, 6.07) is 11.8. The number of ether oxygens (including phenoxy) is 2. The highest BCUT2D eigenvalue weighted by Gasteiger charge is 2.14. The van der Waals surface area contributed by atoms with Crippen molar-refractivity contribution in [1.82, 2.24) is 0 Å². The largest absolute Gasteiger partial charge is 0.454 e. The van der Waals surface area contributed by atoms with Crippen molar-refractivity contribution in [2.75, 3.05) is 17.9 Å². The zero-order valence-electron chi connectivity index (χ0n) is 12.4. The van der Waals surface area contributed by atoms with Gasteiger partial charge in [-0.3, -0.25) is 4.79 Å². The molecule has 0 radical (unpaired) electrons. The van der Waals surface area contributed by atoms with E-state index in [0.29, 0.717) is 35.1 Å². The summed E-state index contributed by atoms with van der Waals surface area (Å²) in [6.45, 7) is 0.212. The molecule has 0 bridgehead atoms. The fourth-order valence-electron chi connectivity index (χ4n) is 2.18. The molecule has 23 heavy (non-hydrogen) atoms. The van der Waals surface area contributed by atoms with E-state index in [1.807, 2.05) is 6.07 Å². The molecule has 2 aromatic rings. The lowest BCUT2D eigenvalue weighted by Crippen LogP contribution is -2.12. The Balaban J connectivity index is 1.41. The van der Waals surface area contributed by atoms with Crippen LogP contribution >= 0.6 is 11.8 Å². The molecular weight excluding hydrogens is 317 g/mol. The lowest BCUT2D eigenvalue weighted by atomic mass is 10.2. The van der Waals surface area contributed by atoms with E-state index < -0.39 is 0 Å². The molecule has 1 amide bonds. The number of hydrogen-bond acceptors (Lipinski definition) is 4. The van der Waals surface area contributed by atoms with Gasteiger partial charge in [0, 0.05) is 29.7 Å². The van der Waals surface area contributed by atoms with E-state index in [1.165, 1.54) is 12.1 Å². The van der Waals surface area contributed by atoms with Gasteiger partial charge in [-0.05, 0) is 29.8 Å². The highest BCUT2D eigenvalue weighted by molar-refractivity contribution is 7.98. The van der Waals surface area contributed by atoms with Crippen LogP contribution in [0.3, 0.4) is 0 Å². The van der Waals surface area contributed by atoms with E-state index in [2.05, 4.69) is 5.32 Å². The van der Waals surface area contributed by atoms with Gasteiger partial charge in [-0.25, -0.2) is 4.39 Å². The number of carbonyl (C=O) groups excluding carboxylic acids is 1. The Kier molecular flexibility index (Phi) is 5.02. The predicted molar refractivity (Wildman–Crippen MR) is 88.4 cm³/mol. The van der Waals surface area contributed by atoms with E-state index in [9.17, 15) is 9.18 Å². The van der Waals surface area contributed by atoms with E-state index in [-0.39, 0.29) is 18.5 Å². The van der Waals surface area contributed by atoms with Gasteiger partial charge in [0.1, 0.15) is 5.82 Å². The molecule has 4 nitrogen and oxygen atoms in total. The van der Waals surface area contributed by atoms with E-state index in [4.69, 9.17) is 9.47 Å². The number of benzene rings is 2. The van der Waals surface area contributed by atoms with Crippen molar-refractivity contribution in [3.05, 3.63) is 53.8 Å². The second kappa shape index (κ2) is 7.37. The van der Waals surface area contributed by atoms with Gasteiger partial charge in [0.15, 0.2) is 11.5 Å². The van der Waals surface area contributed by atoms with Gasteiger partial charge in [-0.2, -0.15) is 11.8 Å². The fourth-order valence-corrected chi connectivity index (χ4v) is 3.07. The van der Waals surface area contributed by atoms with Crippen molar-refractivity contribution in [1.29, 1.82) is 0 Å². The molecule has 0 aliphatic carbocycles. The topological polar surface area (TPSA) is 47.6 Å². The molecular formula is C17H16FNO3S. The number of halogens is 1. The minimum Gasteiger partial charge on any atom is -0.454 e. The maximum atomic E-state index is 13.0. The van der Waals surface area contributed by atoms with Crippen LogP contribution in [0.2, 0.25) is 0 Å². The first-order valence-corrected chi connectivity index (χ1v) is 8.38. The highest BCUT2D eigenvalue weighted by atomic mass is 32.2. The van der Waals surface area contributed by atoms with Gasteiger partial charge in [-0.15, -0.1) is 0 Å². The quantitative estimate of drug-likeness (QED) is 0.817. The molecule has 0 fully saturated rings. The summed E-state index contributed by atoms with van der Waals surface area (Å²) in [5.41, 5.74) is 1.61. The van der Waals surface area contributed by atoms with Crippen LogP contribution in [0.4, 0.5) is 10.1 Å². The Hall–Kier alpha value is -2.21. The summed E-state index contributed by atoms with van der Waals surface area (Å²) in [6.07, 6.45) is 0.397. The van der Waals surface area contributed by atoms with Crippen LogP contribution in [0.1, 0.15) is 12.0 Å². The summed E-state index contributed by atoms with van der Waals surface area (Å²) in [5.74, 6) is 2.40. The summed E-state index contributed by atoms with van der Waals surface area (Å²) in [7, 11) is 0. The monoisotopic (exact) mass is 333 g/mol. The number of carbonyl (C=O) groups is 1. The number of nitrogens with one attached hydrogen (secondary N) is 1. The summed E-state index contributed by atoms with van der Waals surface area (Å²) in [4.78, 5) is 11.9. The van der Waals surface area contributed by atoms with Crippen LogP contribution in [0.5, 0.6) is 11.5 Å². The standard InChI is InChI=1S/C17H16FNO3S/c18-13-3-1-2-12(8-13)10-23-7-6-17(20)19-14-4-5-15-16(9-14)22-11-21-15/h1-5,8-9H,6-7,10-11H2,(H,19,20). The minimum atomic E-state index is -0.233.